The van der Waals surface area contributed by atoms with Crippen LogP contribution in [0, 0.1) is 15.9 Å². The summed E-state index contributed by atoms with van der Waals surface area (Å²) in [7, 11) is -3.99. The molecule has 0 aromatic heterocycles. The number of halogens is 2. The van der Waals surface area contributed by atoms with Gasteiger partial charge in [-0.15, -0.1) is 0 Å². The van der Waals surface area contributed by atoms with Gasteiger partial charge in [-0.05, 0) is 57.9 Å². The second-order valence-electron chi connectivity index (χ2n) is 6.73. The number of benzene rings is 3. The van der Waals surface area contributed by atoms with Crippen LogP contribution in [0.2, 0.25) is 0 Å². The highest BCUT2D eigenvalue weighted by molar-refractivity contribution is 9.10. The van der Waals surface area contributed by atoms with E-state index in [-0.39, 0.29) is 16.3 Å². The summed E-state index contributed by atoms with van der Waals surface area (Å²) in [4.78, 5) is 10.4. The molecule has 0 radical (unpaired) electrons. The smallest absolute Gasteiger partial charge is 0.271 e. The lowest BCUT2D eigenvalue weighted by atomic mass is 10.1. The van der Waals surface area contributed by atoms with E-state index in [0.717, 1.165) is 6.07 Å². The number of nitro benzene ring substituents is 1. The van der Waals surface area contributed by atoms with Crippen LogP contribution in [0.25, 0.3) is 0 Å². The normalized spacial score (nSPS) is 17.7. The van der Waals surface area contributed by atoms with Crippen LogP contribution in [-0.2, 0) is 14.8 Å². The maximum absolute atomic E-state index is 13.4. The van der Waals surface area contributed by atoms with Gasteiger partial charge in [-0.3, -0.25) is 14.8 Å². The van der Waals surface area contributed by atoms with Crippen LogP contribution in [0.4, 0.5) is 21.5 Å². The van der Waals surface area contributed by atoms with Crippen LogP contribution in [0.3, 0.4) is 0 Å². The Morgan fingerprint density at radius 3 is 2.52 bits per heavy atom. The number of ether oxygens (including phenoxy) is 1. The van der Waals surface area contributed by atoms with Gasteiger partial charge in [0, 0.05) is 22.3 Å². The third-order valence-corrected chi connectivity index (χ3v) is 6.88. The predicted molar refractivity (Wildman–Crippen MR) is 116 cm³/mol. The molecule has 31 heavy (non-hydrogen) atoms. The van der Waals surface area contributed by atoms with Gasteiger partial charge in [0.15, 0.2) is 6.23 Å². The molecular formula is C20H15BrFN3O5S. The molecule has 11 heteroatoms. The molecule has 3 aromatic rings. The first-order valence-electron chi connectivity index (χ1n) is 8.97. The number of nitro groups is 1. The van der Waals surface area contributed by atoms with E-state index in [1.807, 2.05) is 0 Å². The average Bonchev–Trinajstić information content (AvgIpc) is 3.47. The number of nitrogens with zero attached hydrogens (tertiary/aromatic N) is 1. The summed E-state index contributed by atoms with van der Waals surface area (Å²) in [6.07, 6.45) is -0.898. The van der Waals surface area contributed by atoms with E-state index in [2.05, 4.69) is 26.0 Å². The third-order valence-electron chi connectivity index (χ3n) is 4.51. The first-order chi connectivity index (χ1) is 14.7. The fourth-order valence-corrected chi connectivity index (χ4v) is 5.06. The van der Waals surface area contributed by atoms with Gasteiger partial charge in [0.2, 0.25) is 0 Å². The number of nitrogens with one attached hydrogen (secondary N) is 2. The molecule has 2 unspecified atom stereocenters. The second-order valence-corrected chi connectivity index (χ2v) is 9.24. The highest BCUT2D eigenvalue weighted by Gasteiger charge is 2.41. The summed E-state index contributed by atoms with van der Waals surface area (Å²) in [5.41, 5.74) is 1.16. The summed E-state index contributed by atoms with van der Waals surface area (Å²) < 4.78 is 47.3. The number of sulfonamides is 1. The van der Waals surface area contributed by atoms with Crippen molar-refractivity contribution in [1.82, 2.24) is 0 Å². The summed E-state index contributed by atoms with van der Waals surface area (Å²) in [6.45, 7) is 0. The first-order valence-corrected chi connectivity index (χ1v) is 11.2. The van der Waals surface area contributed by atoms with Gasteiger partial charge in [-0.2, -0.15) is 0 Å². The van der Waals surface area contributed by atoms with Crippen LogP contribution in [0.5, 0.6) is 0 Å². The molecule has 2 N–H and O–H groups in total. The maximum atomic E-state index is 13.4. The van der Waals surface area contributed by atoms with Crippen LogP contribution in [-0.4, -0.2) is 19.6 Å². The number of anilines is 2. The summed E-state index contributed by atoms with van der Waals surface area (Å²) in [6, 6.07) is 15.9. The van der Waals surface area contributed by atoms with E-state index in [1.54, 1.807) is 24.3 Å². The van der Waals surface area contributed by atoms with Gasteiger partial charge < -0.3 is 10.1 Å². The summed E-state index contributed by atoms with van der Waals surface area (Å²) in [5.74, 6) is -0.561. The van der Waals surface area contributed by atoms with E-state index >= 15 is 0 Å². The number of hydrogen-bond donors (Lipinski definition) is 2. The molecule has 1 saturated heterocycles. The fraction of sp³-hybridized carbons (Fsp3) is 0.100. The van der Waals surface area contributed by atoms with Crippen LogP contribution in [0.1, 0.15) is 11.7 Å². The molecule has 4 rings (SSSR count). The molecule has 0 bridgehead atoms. The Hall–Kier alpha value is -3.02. The van der Waals surface area contributed by atoms with Crippen molar-refractivity contribution in [2.24, 2.45) is 0 Å². The summed E-state index contributed by atoms with van der Waals surface area (Å²) >= 11 is 3.24. The van der Waals surface area contributed by atoms with Gasteiger partial charge in [0.05, 0.1) is 10.6 Å². The number of epoxide rings is 1. The van der Waals surface area contributed by atoms with Crippen LogP contribution < -0.4 is 10.0 Å². The van der Waals surface area contributed by atoms with Gasteiger partial charge in [0.25, 0.3) is 15.7 Å². The van der Waals surface area contributed by atoms with Crippen molar-refractivity contribution < 1.29 is 22.5 Å². The fourth-order valence-electron chi connectivity index (χ4n) is 3.01. The Labute approximate surface area is 185 Å². The first kappa shape index (κ1) is 21.2. The molecule has 0 spiro atoms. The molecule has 2 atom stereocenters. The molecule has 1 aliphatic rings. The van der Waals surface area contributed by atoms with Gasteiger partial charge in [-0.1, -0.05) is 18.2 Å². The van der Waals surface area contributed by atoms with Crippen molar-refractivity contribution in [3.05, 3.63) is 92.7 Å². The van der Waals surface area contributed by atoms with Gasteiger partial charge >= 0.3 is 0 Å². The minimum atomic E-state index is -3.99. The molecule has 3 aromatic carbocycles. The van der Waals surface area contributed by atoms with Crippen molar-refractivity contribution in [3.63, 3.8) is 0 Å². The Morgan fingerprint density at radius 1 is 1.03 bits per heavy atom. The quantitative estimate of drug-likeness (QED) is 0.269. The largest absolute Gasteiger partial charge is 0.357 e. The third kappa shape index (κ3) is 4.84. The lowest BCUT2D eigenvalue weighted by molar-refractivity contribution is -0.384. The second kappa shape index (κ2) is 8.25. The zero-order valence-corrected chi connectivity index (χ0v) is 18.1. The summed E-state index contributed by atoms with van der Waals surface area (Å²) in [5, 5.41) is 13.9. The average molecular weight is 508 g/mol. The van der Waals surface area contributed by atoms with Gasteiger partial charge in [-0.25, -0.2) is 12.8 Å². The van der Waals surface area contributed by atoms with E-state index in [0.29, 0.717) is 15.7 Å². The van der Waals surface area contributed by atoms with E-state index < -0.39 is 33.1 Å². The highest BCUT2D eigenvalue weighted by atomic mass is 79.9. The number of non-ortho nitro benzene ring substituents is 1. The van der Waals surface area contributed by atoms with Crippen molar-refractivity contribution in [1.29, 1.82) is 0 Å². The van der Waals surface area contributed by atoms with Crippen molar-refractivity contribution in [2.45, 2.75) is 17.2 Å². The number of hydrogen-bond acceptors (Lipinski definition) is 6. The Bertz CT molecular complexity index is 1270. The van der Waals surface area contributed by atoms with Crippen molar-refractivity contribution in [2.75, 3.05) is 10.0 Å². The monoisotopic (exact) mass is 507 g/mol. The van der Waals surface area contributed by atoms with Crippen LogP contribution in [0.15, 0.2) is 76.1 Å². The minimum absolute atomic E-state index is 0.0288. The zero-order chi connectivity index (χ0) is 22.2. The Kier molecular flexibility index (Phi) is 5.65. The molecule has 0 saturated carbocycles. The molecule has 160 valence electrons. The van der Waals surface area contributed by atoms with E-state index in [9.17, 15) is 22.9 Å². The maximum Gasteiger partial charge on any atom is 0.271 e. The zero-order valence-electron chi connectivity index (χ0n) is 15.7. The SMILES string of the molecule is O=[N+]([O-])c1cccc(NC2OC2c2ccc(Br)c(S(=O)(=O)Nc3cccc(F)c3)c2)c1. The highest BCUT2D eigenvalue weighted by Crippen LogP contribution is 2.41. The molecule has 0 amide bonds. The Balaban J connectivity index is 1.52. The van der Waals surface area contributed by atoms with Crippen molar-refractivity contribution >= 4 is 43.0 Å². The van der Waals surface area contributed by atoms with E-state index in [4.69, 9.17) is 4.74 Å². The van der Waals surface area contributed by atoms with Crippen molar-refractivity contribution in [3.8, 4) is 0 Å². The topological polar surface area (TPSA) is 114 Å². The molecule has 1 fully saturated rings. The Morgan fingerprint density at radius 2 is 1.77 bits per heavy atom. The standard InChI is InChI=1S/C20H15BrFN3O5S/c21-17-8-7-12(9-18(17)31(28,29)24-15-5-1-3-13(22)10-15)19-20(30-19)23-14-4-2-6-16(11-14)25(26)27/h1-11,19-20,23-24H. The molecule has 0 aliphatic carbocycles. The molecule has 1 heterocycles. The van der Waals surface area contributed by atoms with Gasteiger partial charge in [0.1, 0.15) is 16.8 Å². The van der Waals surface area contributed by atoms with Crippen LogP contribution >= 0.6 is 15.9 Å². The predicted octanol–water partition coefficient (Wildman–Crippen LogP) is 4.81. The lowest BCUT2D eigenvalue weighted by Gasteiger charge is -2.11. The van der Waals surface area contributed by atoms with E-state index in [1.165, 1.54) is 36.4 Å². The molecule has 1 aliphatic heterocycles. The number of rotatable bonds is 7. The lowest BCUT2D eigenvalue weighted by Crippen LogP contribution is -2.14. The minimum Gasteiger partial charge on any atom is -0.357 e. The molecular weight excluding hydrogens is 493 g/mol. The molecule has 8 nitrogen and oxygen atoms in total.